The Hall–Kier alpha value is -3.03. The lowest BCUT2D eigenvalue weighted by Gasteiger charge is -2.35. The fourth-order valence-corrected chi connectivity index (χ4v) is 3.85. The van der Waals surface area contributed by atoms with Gasteiger partial charge in [0.15, 0.2) is 0 Å². The number of anilines is 2. The standard InChI is InChI=1S/C23H18F6N2/c1-14-10-16-9-8-15(19-6-3-7-21(30-19)23(27,28)29)11-20(16)31(13-14)18-5-2-4-17(12-18)22(24,25)26/h2-9,11-12,14H,10,13H2,1H3/t14-/m1/s1. The van der Waals surface area contributed by atoms with Gasteiger partial charge in [-0.1, -0.05) is 31.2 Å². The molecule has 0 N–H and O–H groups in total. The number of nitrogens with zero attached hydrogens (tertiary/aromatic N) is 2. The number of hydrogen-bond donors (Lipinski definition) is 0. The molecular weight excluding hydrogens is 418 g/mol. The number of fused-ring (bicyclic) bond motifs is 1. The molecule has 2 aromatic carbocycles. The van der Waals surface area contributed by atoms with Crippen LogP contribution in [-0.2, 0) is 18.8 Å². The van der Waals surface area contributed by atoms with E-state index in [1.165, 1.54) is 18.2 Å². The van der Waals surface area contributed by atoms with Crippen molar-refractivity contribution in [2.24, 2.45) is 5.92 Å². The second-order valence-electron chi connectivity index (χ2n) is 7.72. The zero-order chi connectivity index (χ0) is 22.4. The first-order valence-corrected chi connectivity index (χ1v) is 9.65. The third-order valence-corrected chi connectivity index (χ3v) is 5.26. The summed E-state index contributed by atoms with van der Waals surface area (Å²) >= 11 is 0. The van der Waals surface area contributed by atoms with Crippen LogP contribution in [0.1, 0.15) is 23.7 Å². The molecule has 2 nitrogen and oxygen atoms in total. The third-order valence-electron chi connectivity index (χ3n) is 5.26. The summed E-state index contributed by atoms with van der Waals surface area (Å²) in [5, 5.41) is 0. The molecule has 1 atom stereocenters. The highest BCUT2D eigenvalue weighted by Crippen LogP contribution is 2.40. The van der Waals surface area contributed by atoms with Gasteiger partial charge in [-0.25, -0.2) is 4.98 Å². The van der Waals surface area contributed by atoms with Crippen LogP contribution in [0.4, 0.5) is 37.7 Å². The number of aromatic nitrogens is 1. The fourth-order valence-electron chi connectivity index (χ4n) is 3.85. The highest BCUT2D eigenvalue weighted by Gasteiger charge is 2.33. The fraction of sp³-hybridized carbons (Fsp3) is 0.261. The smallest absolute Gasteiger partial charge is 0.341 e. The van der Waals surface area contributed by atoms with Gasteiger partial charge in [0.1, 0.15) is 5.69 Å². The summed E-state index contributed by atoms with van der Waals surface area (Å²) in [5.74, 6) is 0.194. The molecule has 1 aliphatic heterocycles. The maximum atomic E-state index is 13.2. The molecule has 3 aromatic rings. The highest BCUT2D eigenvalue weighted by molar-refractivity contribution is 5.74. The molecule has 1 aliphatic rings. The minimum absolute atomic E-state index is 0.153. The van der Waals surface area contributed by atoms with Gasteiger partial charge in [0.05, 0.1) is 11.3 Å². The van der Waals surface area contributed by atoms with E-state index in [9.17, 15) is 26.3 Å². The molecule has 0 radical (unpaired) electrons. The van der Waals surface area contributed by atoms with Crippen molar-refractivity contribution in [3.05, 3.63) is 77.5 Å². The van der Waals surface area contributed by atoms with E-state index in [4.69, 9.17) is 0 Å². The van der Waals surface area contributed by atoms with Crippen molar-refractivity contribution in [1.82, 2.24) is 4.98 Å². The van der Waals surface area contributed by atoms with Gasteiger partial charge < -0.3 is 4.90 Å². The van der Waals surface area contributed by atoms with Crippen molar-refractivity contribution >= 4 is 11.4 Å². The molecule has 0 fully saturated rings. The highest BCUT2D eigenvalue weighted by atomic mass is 19.4. The summed E-state index contributed by atoms with van der Waals surface area (Å²) in [6.45, 7) is 2.50. The van der Waals surface area contributed by atoms with Crippen molar-refractivity contribution in [3.63, 3.8) is 0 Å². The van der Waals surface area contributed by atoms with Gasteiger partial charge in [-0.2, -0.15) is 26.3 Å². The first-order valence-electron chi connectivity index (χ1n) is 9.65. The van der Waals surface area contributed by atoms with Gasteiger partial charge >= 0.3 is 12.4 Å². The number of pyridine rings is 1. The van der Waals surface area contributed by atoms with Crippen LogP contribution in [0.15, 0.2) is 60.7 Å². The number of alkyl halides is 6. The van der Waals surface area contributed by atoms with Crippen molar-refractivity contribution in [2.45, 2.75) is 25.7 Å². The zero-order valence-electron chi connectivity index (χ0n) is 16.4. The Morgan fingerprint density at radius 3 is 2.32 bits per heavy atom. The van der Waals surface area contributed by atoms with Crippen molar-refractivity contribution in [3.8, 4) is 11.3 Å². The summed E-state index contributed by atoms with van der Waals surface area (Å²) in [6.07, 6.45) is -8.31. The maximum Gasteiger partial charge on any atom is 0.433 e. The Kier molecular flexibility index (Phi) is 5.19. The molecule has 0 amide bonds. The predicted molar refractivity (Wildman–Crippen MR) is 106 cm³/mol. The van der Waals surface area contributed by atoms with Crippen LogP contribution in [0.5, 0.6) is 0 Å². The average molecular weight is 436 g/mol. The van der Waals surface area contributed by atoms with E-state index in [0.717, 1.165) is 30.2 Å². The second kappa shape index (κ2) is 7.59. The molecule has 1 aromatic heterocycles. The van der Waals surface area contributed by atoms with Gasteiger partial charge in [-0.3, -0.25) is 0 Å². The first kappa shape index (κ1) is 21.2. The van der Waals surface area contributed by atoms with E-state index in [1.807, 2.05) is 13.0 Å². The Labute approximate surface area is 175 Å². The molecule has 0 unspecified atom stereocenters. The van der Waals surface area contributed by atoms with E-state index < -0.39 is 23.6 Å². The van der Waals surface area contributed by atoms with E-state index in [0.29, 0.717) is 23.5 Å². The molecule has 8 heteroatoms. The minimum atomic E-state index is -4.57. The monoisotopic (exact) mass is 436 g/mol. The quantitative estimate of drug-likeness (QED) is 0.398. The van der Waals surface area contributed by atoms with Crippen molar-refractivity contribution in [2.75, 3.05) is 11.4 Å². The van der Waals surface area contributed by atoms with Crippen LogP contribution in [0, 0.1) is 5.92 Å². The first-order chi connectivity index (χ1) is 14.5. The third kappa shape index (κ3) is 4.38. The van der Waals surface area contributed by atoms with Gasteiger partial charge in [-0.05, 0) is 54.3 Å². The van der Waals surface area contributed by atoms with Gasteiger partial charge in [0.25, 0.3) is 0 Å². The number of halogens is 6. The van der Waals surface area contributed by atoms with Crippen LogP contribution >= 0.6 is 0 Å². The van der Waals surface area contributed by atoms with Gasteiger partial charge in [0.2, 0.25) is 0 Å². The molecule has 31 heavy (non-hydrogen) atoms. The van der Waals surface area contributed by atoms with E-state index in [2.05, 4.69) is 4.98 Å². The number of benzene rings is 2. The molecular formula is C23H18F6N2. The Bertz CT molecular complexity index is 1100. The Morgan fingerprint density at radius 1 is 0.871 bits per heavy atom. The van der Waals surface area contributed by atoms with E-state index in [1.54, 1.807) is 23.1 Å². The molecule has 0 aliphatic carbocycles. The van der Waals surface area contributed by atoms with Crippen LogP contribution in [0.3, 0.4) is 0 Å². The Balaban J connectivity index is 1.79. The normalized spacial score (nSPS) is 16.9. The minimum Gasteiger partial charge on any atom is -0.341 e. The van der Waals surface area contributed by atoms with Crippen LogP contribution in [0.2, 0.25) is 0 Å². The molecule has 2 heterocycles. The summed E-state index contributed by atoms with van der Waals surface area (Å²) in [6, 6.07) is 13.9. The van der Waals surface area contributed by atoms with Gasteiger partial charge in [0, 0.05) is 23.5 Å². The second-order valence-corrected chi connectivity index (χ2v) is 7.72. The summed E-state index contributed by atoms with van der Waals surface area (Å²) in [7, 11) is 0. The topological polar surface area (TPSA) is 16.1 Å². The van der Waals surface area contributed by atoms with Crippen LogP contribution < -0.4 is 4.90 Å². The largest absolute Gasteiger partial charge is 0.433 e. The van der Waals surface area contributed by atoms with Crippen LogP contribution in [0.25, 0.3) is 11.3 Å². The molecule has 0 saturated heterocycles. The lowest BCUT2D eigenvalue weighted by atomic mass is 9.91. The molecule has 0 spiro atoms. The van der Waals surface area contributed by atoms with Gasteiger partial charge in [-0.15, -0.1) is 0 Å². The molecule has 4 rings (SSSR count). The lowest BCUT2D eigenvalue weighted by Crippen LogP contribution is -2.30. The number of rotatable bonds is 2. The molecule has 0 bridgehead atoms. The Morgan fingerprint density at radius 2 is 1.61 bits per heavy atom. The maximum absolute atomic E-state index is 13.2. The van der Waals surface area contributed by atoms with Crippen LogP contribution in [-0.4, -0.2) is 11.5 Å². The molecule has 162 valence electrons. The molecule has 0 saturated carbocycles. The van der Waals surface area contributed by atoms with Crippen molar-refractivity contribution < 1.29 is 26.3 Å². The SMILES string of the molecule is C[C@@H]1Cc2ccc(-c3cccc(C(F)(F)F)n3)cc2N(c2cccc(C(F)(F)F)c2)C1. The summed E-state index contributed by atoms with van der Waals surface area (Å²) in [4.78, 5) is 5.52. The van der Waals surface area contributed by atoms with Crippen molar-refractivity contribution in [1.29, 1.82) is 0 Å². The predicted octanol–water partition coefficient (Wildman–Crippen LogP) is 7.12. The number of hydrogen-bond acceptors (Lipinski definition) is 2. The summed E-state index contributed by atoms with van der Waals surface area (Å²) in [5.41, 5.74) is 0.862. The average Bonchev–Trinajstić information content (AvgIpc) is 2.72. The zero-order valence-corrected chi connectivity index (χ0v) is 16.4. The van der Waals surface area contributed by atoms with E-state index in [-0.39, 0.29) is 11.6 Å². The van der Waals surface area contributed by atoms with E-state index >= 15 is 0 Å². The summed E-state index contributed by atoms with van der Waals surface area (Å²) < 4.78 is 78.8. The lowest BCUT2D eigenvalue weighted by molar-refractivity contribution is -0.141.